The minimum absolute atomic E-state index is 0.0746. The van der Waals surface area contributed by atoms with Crippen LogP contribution in [0.1, 0.15) is 58.8 Å². The molecule has 2 unspecified atom stereocenters. The number of imide groups is 1. The van der Waals surface area contributed by atoms with Gasteiger partial charge in [-0.2, -0.15) is 5.26 Å². The van der Waals surface area contributed by atoms with Crippen LogP contribution in [0.4, 0.5) is 5.69 Å². The zero-order valence-electron chi connectivity index (χ0n) is 18.2. The highest BCUT2D eigenvalue weighted by Gasteiger charge is 2.37. The molecule has 0 radical (unpaired) electrons. The van der Waals surface area contributed by atoms with Crippen molar-refractivity contribution in [1.82, 2.24) is 5.32 Å². The van der Waals surface area contributed by atoms with Crippen LogP contribution >= 0.6 is 0 Å². The average Bonchev–Trinajstić information content (AvgIpc) is 3.03. The van der Waals surface area contributed by atoms with Gasteiger partial charge >= 0.3 is 5.97 Å². The maximum absolute atomic E-state index is 12.7. The lowest BCUT2D eigenvalue weighted by Gasteiger charge is -2.28. The van der Waals surface area contributed by atoms with Gasteiger partial charge in [-0.15, -0.1) is 0 Å². The molecule has 8 heteroatoms. The second kappa shape index (κ2) is 8.63. The molecule has 1 N–H and O–H groups in total. The van der Waals surface area contributed by atoms with Crippen molar-refractivity contribution in [2.75, 3.05) is 4.90 Å². The number of fused-ring (bicyclic) bond motifs is 1. The molecule has 0 bridgehead atoms. The number of hydrogen-bond donors (Lipinski definition) is 1. The summed E-state index contributed by atoms with van der Waals surface area (Å²) in [6.45, 7) is 6.59. The van der Waals surface area contributed by atoms with E-state index in [4.69, 9.17) is 4.74 Å². The standard InChI is InChI=1S/C24H23N3O5/c1-14(2)24(4,13-25)26-20(28)15(3)32-23(31)16-8-7-9-17(12-16)27-21(29)18-10-5-6-11-19(18)22(27)30/h5-12,14-15H,1-4H3,(H,26,28). The Labute approximate surface area is 185 Å². The first kappa shape index (κ1) is 22.7. The number of carbonyl (C=O) groups is 4. The highest BCUT2D eigenvalue weighted by atomic mass is 16.5. The SMILES string of the molecule is CC(OC(=O)c1cccc(N2C(=O)c3ccccc3C2=O)c1)C(=O)NC(C)(C#N)C(C)C. The number of nitriles is 1. The van der Waals surface area contributed by atoms with E-state index in [9.17, 15) is 24.4 Å². The topological polar surface area (TPSA) is 117 Å². The number of amides is 3. The zero-order valence-corrected chi connectivity index (χ0v) is 18.2. The van der Waals surface area contributed by atoms with Gasteiger partial charge in [0.2, 0.25) is 0 Å². The highest BCUT2D eigenvalue weighted by Crippen LogP contribution is 2.29. The van der Waals surface area contributed by atoms with E-state index in [-0.39, 0.29) is 17.2 Å². The number of benzene rings is 2. The fourth-order valence-corrected chi connectivity index (χ4v) is 3.14. The van der Waals surface area contributed by atoms with Crippen LogP contribution < -0.4 is 10.2 Å². The summed E-state index contributed by atoms with van der Waals surface area (Å²) >= 11 is 0. The van der Waals surface area contributed by atoms with Crippen LogP contribution in [0.15, 0.2) is 48.5 Å². The largest absolute Gasteiger partial charge is 0.449 e. The van der Waals surface area contributed by atoms with E-state index in [0.29, 0.717) is 11.1 Å². The lowest BCUT2D eigenvalue weighted by atomic mass is 9.90. The Balaban J connectivity index is 1.75. The smallest absolute Gasteiger partial charge is 0.338 e. The Morgan fingerprint density at radius 3 is 2.16 bits per heavy atom. The number of esters is 1. The van der Waals surface area contributed by atoms with E-state index >= 15 is 0 Å². The average molecular weight is 433 g/mol. The molecular formula is C24H23N3O5. The Hall–Kier alpha value is -3.99. The summed E-state index contributed by atoms with van der Waals surface area (Å²) in [6.07, 6.45) is -1.16. The second-order valence-electron chi connectivity index (χ2n) is 8.05. The van der Waals surface area contributed by atoms with E-state index in [1.54, 1.807) is 45.0 Å². The Morgan fingerprint density at radius 1 is 1.03 bits per heavy atom. The molecule has 164 valence electrons. The van der Waals surface area contributed by atoms with Crippen molar-refractivity contribution >= 4 is 29.4 Å². The molecule has 32 heavy (non-hydrogen) atoms. The molecule has 1 heterocycles. The number of rotatable bonds is 6. The van der Waals surface area contributed by atoms with E-state index in [0.717, 1.165) is 4.90 Å². The molecule has 8 nitrogen and oxygen atoms in total. The Bertz CT molecular complexity index is 1120. The summed E-state index contributed by atoms with van der Waals surface area (Å²) in [5.74, 6) is -2.51. The van der Waals surface area contributed by atoms with Crippen LogP contribution in [0.3, 0.4) is 0 Å². The molecule has 0 saturated heterocycles. The lowest BCUT2D eigenvalue weighted by molar-refractivity contribution is -0.130. The van der Waals surface area contributed by atoms with Crippen molar-refractivity contribution in [3.63, 3.8) is 0 Å². The maximum atomic E-state index is 12.7. The minimum atomic E-state index is -1.16. The maximum Gasteiger partial charge on any atom is 0.338 e. The summed E-state index contributed by atoms with van der Waals surface area (Å²) in [5, 5.41) is 12.0. The van der Waals surface area contributed by atoms with Gasteiger partial charge in [-0.05, 0) is 50.1 Å². The van der Waals surface area contributed by atoms with Crippen molar-refractivity contribution in [3.8, 4) is 6.07 Å². The van der Waals surface area contributed by atoms with E-state index in [1.165, 1.54) is 31.2 Å². The molecule has 3 rings (SSSR count). The van der Waals surface area contributed by atoms with Crippen molar-refractivity contribution in [3.05, 3.63) is 65.2 Å². The normalized spacial score (nSPS) is 15.6. The first-order valence-corrected chi connectivity index (χ1v) is 10.1. The van der Waals surface area contributed by atoms with Gasteiger partial charge in [0.05, 0.1) is 28.4 Å². The van der Waals surface area contributed by atoms with E-state index in [2.05, 4.69) is 11.4 Å². The Kier molecular flexibility index (Phi) is 6.12. The third kappa shape index (κ3) is 4.10. The molecule has 0 saturated carbocycles. The van der Waals surface area contributed by atoms with Gasteiger partial charge in [0.1, 0.15) is 5.54 Å². The molecule has 0 aliphatic carbocycles. The number of carbonyl (C=O) groups excluding carboxylic acids is 4. The fourth-order valence-electron chi connectivity index (χ4n) is 3.14. The minimum Gasteiger partial charge on any atom is -0.449 e. The predicted molar refractivity (Wildman–Crippen MR) is 116 cm³/mol. The first-order valence-electron chi connectivity index (χ1n) is 10.1. The van der Waals surface area contributed by atoms with Gasteiger partial charge in [0.25, 0.3) is 17.7 Å². The molecule has 2 aromatic rings. The van der Waals surface area contributed by atoms with E-state index in [1.807, 2.05) is 0 Å². The van der Waals surface area contributed by atoms with Crippen LogP contribution in [0.2, 0.25) is 0 Å². The number of nitrogens with zero attached hydrogens (tertiary/aromatic N) is 2. The molecule has 1 aliphatic heterocycles. The summed E-state index contributed by atoms with van der Waals surface area (Å²) in [6, 6.07) is 14.4. The van der Waals surface area contributed by atoms with Crippen LogP contribution in [-0.4, -0.2) is 35.3 Å². The van der Waals surface area contributed by atoms with Crippen LogP contribution in [0, 0.1) is 17.2 Å². The number of hydrogen-bond acceptors (Lipinski definition) is 6. The van der Waals surface area contributed by atoms with Crippen molar-refractivity contribution in [2.24, 2.45) is 5.92 Å². The van der Waals surface area contributed by atoms with Crippen molar-refractivity contribution in [2.45, 2.75) is 39.3 Å². The molecule has 2 aromatic carbocycles. The number of nitrogens with one attached hydrogen (secondary N) is 1. The third-order valence-corrected chi connectivity index (χ3v) is 5.56. The zero-order chi connectivity index (χ0) is 23.6. The lowest BCUT2D eigenvalue weighted by Crippen LogP contribution is -2.52. The van der Waals surface area contributed by atoms with Gasteiger partial charge in [-0.25, -0.2) is 9.69 Å². The molecule has 2 atom stereocenters. The number of anilines is 1. The first-order chi connectivity index (χ1) is 15.1. The molecule has 0 spiro atoms. The van der Waals surface area contributed by atoms with E-state index < -0.39 is 35.3 Å². The Morgan fingerprint density at radius 2 is 1.62 bits per heavy atom. The second-order valence-corrected chi connectivity index (χ2v) is 8.05. The van der Waals surface area contributed by atoms with Gasteiger partial charge < -0.3 is 10.1 Å². The van der Waals surface area contributed by atoms with Crippen molar-refractivity contribution < 1.29 is 23.9 Å². The van der Waals surface area contributed by atoms with Crippen LogP contribution in [-0.2, 0) is 9.53 Å². The molecule has 3 amide bonds. The summed E-state index contributed by atoms with van der Waals surface area (Å²) in [7, 11) is 0. The molecule has 0 aromatic heterocycles. The number of ether oxygens (including phenoxy) is 1. The summed E-state index contributed by atoms with van der Waals surface area (Å²) < 4.78 is 5.25. The molecule has 1 aliphatic rings. The van der Waals surface area contributed by atoms with Gasteiger partial charge in [0, 0.05) is 0 Å². The fraction of sp³-hybridized carbons (Fsp3) is 0.292. The molecular weight excluding hydrogens is 410 g/mol. The van der Waals surface area contributed by atoms with Gasteiger partial charge in [-0.3, -0.25) is 14.4 Å². The van der Waals surface area contributed by atoms with Crippen molar-refractivity contribution in [1.29, 1.82) is 5.26 Å². The van der Waals surface area contributed by atoms with Gasteiger partial charge in [0.15, 0.2) is 6.10 Å². The quantitative estimate of drug-likeness (QED) is 0.553. The highest BCUT2D eigenvalue weighted by molar-refractivity contribution is 6.34. The summed E-state index contributed by atoms with van der Waals surface area (Å²) in [5.41, 5.74) is -0.225. The predicted octanol–water partition coefficient (Wildman–Crippen LogP) is 3.09. The summed E-state index contributed by atoms with van der Waals surface area (Å²) in [4.78, 5) is 51.4. The van der Waals surface area contributed by atoms with Gasteiger partial charge in [-0.1, -0.05) is 32.0 Å². The third-order valence-electron chi connectivity index (χ3n) is 5.56. The van der Waals surface area contributed by atoms with Crippen LogP contribution in [0.25, 0.3) is 0 Å². The van der Waals surface area contributed by atoms with Crippen LogP contribution in [0.5, 0.6) is 0 Å². The monoisotopic (exact) mass is 433 g/mol. The molecule has 0 fully saturated rings.